The van der Waals surface area contributed by atoms with Crippen LogP contribution in [0.4, 0.5) is 5.82 Å². The molecule has 1 fully saturated rings. The van der Waals surface area contributed by atoms with Crippen LogP contribution in [0.1, 0.15) is 18.4 Å². The minimum absolute atomic E-state index is 0.345. The SMILES string of the molecule is Clc1cccc(-c2noc3ncnc(NC4CCN(Cc5ccccc5)CC4)c23)c1. The third-order valence-electron chi connectivity index (χ3n) is 5.55. The molecule has 6 nitrogen and oxygen atoms in total. The van der Waals surface area contributed by atoms with E-state index in [1.165, 1.54) is 11.9 Å². The van der Waals surface area contributed by atoms with E-state index in [2.05, 4.69) is 55.7 Å². The third kappa shape index (κ3) is 4.01. The first-order valence-electron chi connectivity index (χ1n) is 10.2. The van der Waals surface area contributed by atoms with Gasteiger partial charge in [0.15, 0.2) is 0 Å². The molecule has 4 aromatic rings. The normalized spacial score (nSPS) is 15.5. The predicted molar refractivity (Wildman–Crippen MR) is 118 cm³/mol. The van der Waals surface area contributed by atoms with Gasteiger partial charge in [-0.2, -0.15) is 4.98 Å². The van der Waals surface area contributed by atoms with Crippen molar-refractivity contribution in [2.75, 3.05) is 18.4 Å². The zero-order chi connectivity index (χ0) is 20.3. The molecular formula is C23H22ClN5O. The second-order valence-electron chi connectivity index (χ2n) is 7.62. The van der Waals surface area contributed by atoms with Gasteiger partial charge in [-0.3, -0.25) is 4.90 Å². The van der Waals surface area contributed by atoms with Crippen LogP contribution in [0.25, 0.3) is 22.4 Å². The number of hydrogen-bond acceptors (Lipinski definition) is 6. The summed E-state index contributed by atoms with van der Waals surface area (Å²) >= 11 is 6.17. The Labute approximate surface area is 179 Å². The number of benzene rings is 2. The number of hydrogen-bond donors (Lipinski definition) is 1. The van der Waals surface area contributed by atoms with Gasteiger partial charge in [0.05, 0.1) is 0 Å². The highest BCUT2D eigenvalue weighted by Crippen LogP contribution is 2.33. The summed E-state index contributed by atoms with van der Waals surface area (Å²) in [5.41, 5.74) is 3.43. The van der Waals surface area contributed by atoms with Gasteiger partial charge in [-0.15, -0.1) is 0 Å². The van der Waals surface area contributed by atoms with Gasteiger partial charge in [0.1, 0.15) is 23.2 Å². The van der Waals surface area contributed by atoms with Crippen LogP contribution >= 0.6 is 11.6 Å². The zero-order valence-electron chi connectivity index (χ0n) is 16.5. The van der Waals surface area contributed by atoms with Crippen LogP contribution in [0.15, 0.2) is 65.4 Å². The summed E-state index contributed by atoms with van der Waals surface area (Å²) in [4.78, 5) is 11.2. The van der Waals surface area contributed by atoms with Crippen LogP contribution in [-0.4, -0.2) is 39.2 Å². The molecule has 0 spiro atoms. The summed E-state index contributed by atoms with van der Waals surface area (Å²) in [6.45, 7) is 3.09. The van der Waals surface area contributed by atoms with Gasteiger partial charge in [-0.05, 0) is 30.5 Å². The first kappa shape index (κ1) is 19.0. The lowest BCUT2D eigenvalue weighted by molar-refractivity contribution is 0.211. The molecule has 0 radical (unpaired) electrons. The van der Waals surface area contributed by atoms with Crippen molar-refractivity contribution >= 4 is 28.5 Å². The maximum Gasteiger partial charge on any atom is 0.263 e. The monoisotopic (exact) mass is 419 g/mol. The van der Waals surface area contributed by atoms with Crippen molar-refractivity contribution < 1.29 is 4.52 Å². The van der Waals surface area contributed by atoms with Crippen LogP contribution in [0, 0.1) is 0 Å². The van der Waals surface area contributed by atoms with E-state index >= 15 is 0 Å². The van der Waals surface area contributed by atoms with Crippen molar-refractivity contribution in [2.24, 2.45) is 0 Å². The van der Waals surface area contributed by atoms with Gasteiger partial charge in [0.25, 0.3) is 5.71 Å². The molecule has 152 valence electrons. The summed E-state index contributed by atoms with van der Waals surface area (Å²) in [5.74, 6) is 0.762. The molecule has 0 aliphatic carbocycles. The number of anilines is 1. The van der Waals surface area contributed by atoms with Crippen molar-refractivity contribution in [1.82, 2.24) is 20.0 Å². The Hall–Kier alpha value is -2.96. The molecule has 2 aromatic carbocycles. The zero-order valence-corrected chi connectivity index (χ0v) is 17.2. The van der Waals surface area contributed by atoms with Gasteiger partial charge < -0.3 is 9.84 Å². The number of fused-ring (bicyclic) bond motifs is 1. The second-order valence-corrected chi connectivity index (χ2v) is 8.06. The quantitative estimate of drug-likeness (QED) is 0.490. The minimum atomic E-state index is 0.345. The molecule has 5 rings (SSSR count). The molecule has 0 atom stereocenters. The van der Waals surface area contributed by atoms with Gasteiger partial charge in [0.2, 0.25) is 0 Å². The Morgan fingerprint density at radius 1 is 1.03 bits per heavy atom. The van der Waals surface area contributed by atoms with Crippen molar-refractivity contribution in [3.05, 3.63) is 71.5 Å². The number of nitrogens with zero attached hydrogens (tertiary/aromatic N) is 4. The number of nitrogens with one attached hydrogen (secondary N) is 1. The number of aromatic nitrogens is 3. The number of likely N-dealkylation sites (tertiary alicyclic amines) is 1. The molecule has 30 heavy (non-hydrogen) atoms. The molecule has 0 unspecified atom stereocenters. The maximum atomic E-state index is 6.17. The molecule has 1 saturated heterocycles. The van der Waals surface area contributed by atoms with Gasteiger partial charge in [-0.1, -0.05) is 59.2 Å². The van der Waals surface area contributed by atoms with Crippen LogP contribution in [0.5, 0.6) is 0 Å². The molecule has 0 saturated carbocycles. The van der Waals surface area contributed by atoms with Crippen LogP contribution in [0.2, 0.25) is 5.02 Å². The van der Waals surface area contributed by atoms with E-state index in [-0.39, 0.29) is 0 Å². The summed E-state index contributed by atoms with van der Waals surface area (Å²) in [7, 11) is 0. The van der Waals surface area contributed by atoms with Crippen molar-refractivity contribution in [1.29, 1.82) is 0 Å². The summed E-state index contributed by atoms with van der Waals surface area (Å²) < 4.78 is 5.46. The molecule has 1 aliphatic heterocycles. The second kappa shape index (κ2) is 8.42. The van der Waals surface area contributed by atoms with Gasteiger partial charge in [-0.25, -0.2) is 4.98 Å². The van der Waals surface area contributed by atoms with E-state index in [0.717, 1.165) is 49.2 Å². The Bertz CT molecular complexity index is 1140. The number of rotatable bonds is 5. The molecule has 0 bridgehead atoms. The number of piperidine rings is 1. The largest absolute Gasteiger partial charge is 0.366 e. The lowest BCUT2D eigenvalue weighted by Gasteiger charge is -2.32. The highest BCUT2D eigenvalue weighted by atomic mass is 35.5. The first-order valence-corrected chi connectivity index (χ1v) is 10.5. The molecular weight excluding hydrogens is 398 g/mol. The Morgan fingerprint density at radius 3 is 2.67 bits per heavy atom. The first-order chi connectivity index (χ1) is 14.8. The molecule has 1 aliphatic rings. The van der Waals surface area contributed by atoms with E-state index in [1.54, 1.807) is 0 Å². The Morgan fingerprint density at radius 2 is 1.87 bits per heavy atom. The molecule has 0 amide bonds. The molecule has 7 heteroatoms. The third-order valence-corrected chi connectivity index (χ3v) is 5.78. The van der Waals surface area contributed by atoms with Gasteiger partial charge >= 0.3 is 0 Å². The average Bonchev–Trinajstić information content (AvgIpc) is 3.21. The molecule has 1 N–H and O–H groups in total. The summed E-state index contributed by atoms with van der Waals surface area (Å²) in [5, 5.41) is 9.29. The van der Waals surface area contributed by atoms with Crippen molar-refractivity contribution in [2.45, 2.75) is 25.4 Å². The van der Waals surface area contributed by atoms with Crippen molar-refractivity contribution in [3.63, 3.8) is 0 Å². The van der Waals surface area contributed by atoms with E-state index in [0.29, 0.717) is 22.5 Å². The average molecular weight is 420 g/mol. The Balaban J connectivity index is 1.32. The lowest BCUT2D eigenvalue weighted by Crippen LogP contribution is -2.38. The van der Waals surface area contributed by atoms with Crippen molar-refractivity contribution in [3.8, 4) is 11.3 Å². The Kier molecular flexibility index (Phi) is 5.34. The maximum absolute atomic E-state index is 6.17. The minimum Gasteiger partial charge on any atom is -0.366 e. The van der Waals surface area contributed by atoms with Gasteiger partial charge in [0, 0.05) is 36.3 Å². The standard InChI is InChI=1S/C23H22ClN5O/c24-18-8-4-7-17(13-18)21-20-22(25-15-26-23(20)30-28-21)27-19-9-11-29(12-10-19)14-16-5-2-1-3-6-16/h1-8,13,15,19H,9-12,14H2,(H,25,26,27). The highest BCUT2D eigenvalue weighted by Gasteiger charge is 2.23. The predicted octanol–water partition coefficient (Wildman–Crippen LogP) is 5.01. The molecule has 2 aromatic heterocycles. The van der Waals surface area contributed by atoms with Crippen LogP contribution < -0.4 is 5.32 Å². The number of halogens is 1. The fourth-order valence-corrected chi connectivity index (χ4v) is 4.19. The van der Waals surface area contributed by atoms with Crippen LogP contribution in [-0.2, 0) is 6.54 Å². The fraction of sp³-hybridized carbons (Fsp3) is 0.261. The summed E-state index contributed by atoms with van der Waals surface area (Å²) in [6, 6.07) is 18.5. The lowest BCUT2D eigenvalue weighted by atomic mass is 10.0. The van der Waals surface area contributed by atoms with E-state index < -0.39 is 0 Å². The fourth-order valence-electron chi connectivity index (χ4n) is 4.00. The summed E-state index contributed by atoms with van der Waals surface area (Å²) in [6.07, 6.45) is 3.62. The molecule has 3 heterocycles. The van der Waals surface area contributed by atoms with Crippen LogP contribution in [0.3, 0.4) is 0 Å². The topological polar surface area (TPSA) is 67.1 Å². The van der Waals surface area contributed by atoms with E-state index in [1.807, 2.05) is 24.3 Å². The van der Waals surface area contributed by atoms with E-state index in [4.69, 9.17) is 16.1 Å². The van der Waals surface area contributed by atoms with E-state index in [9.17, 15) is 0 Å². The smallest absolute Gasteiger partial charge is 0.263 e. The highest BCUT2D eigenvalue weighted by molar-refractivity contribution is 6.30.